The highest BCUT2D eigenvalue weighted by atomic mass is 19.4. The Balaban J connectivity index is 1.90. The molecule has 10 heteroatoms. The number of esters is 2. The van der Waals surface area contributed by atoms with Crippen LogP contribution in [0.15, 0.2) is 42.5 Å². The first-order valence-electron chi connectivity index (χ1n) is 12.4. The number of methoxy groups -OCH3 is 3. The topological polar surface area (TPSA) is 80.3 Å². The van der Waals surface area contributed by atoms with Gasteiger partial charge in [0.15, 0.2) is 0 Å². The Kier molecular flexibility index (Phi) is 9.65. The number of halogens is 3. The van der Waals surface area contributed by atoms with Gasteiger partial charge in [-0.1, -0.05) is 30.3 Å². The second-order valence-corrected chi connectivity index (χ2v) is 9.18. The molecule has 3 atom stereocenters. The number of benzene rings is 2. The molecular weight excluding hydrogens is 505 g/mol. The van der Waals surface area contributed by atoms with E-state index in [-0.39, 0.29) is 17.5 Å². The molecule has 7 nitrogen and oxygen atoms in total. The van der Waals surface area contributed by atoms with Crippen LogP contribution in [0.25, 0.3) is 0 Å². The zero-order valence-corrected chi connectivity index (χ0v) is 21.9. The lowest BCUT2D eigenvalue weighted by molar-refractivity contribution is -0.278. The summed E-state index contributed by atoms with van der Waals surface area (Å²) in [6.45, 7) is 1.73. The summed E-state index contributed by atoms with van der Waals surface area (Å²) < 4.78 is 69.7. The molecule has 0 radical (unpaired) electrons. The molecule has 0 fully saturated rings. The molecule has 1 unspecified atom stereocenters. The van der Waals surface area contributed by atoms with Gasteiger partial charge in [0.05, 0.1) is 20.3 Å². The standard InChI is InChI=1S/C28H33F3O7/c1-18-10-8-14-21(38-26(33)27(36-4,28(29,30)31)20-12-6-5-7-13-20)15-9-11-19-16-22(34-2)17-23(35-3)24(19)25(32)37-18/h5-7,12-13,16-18,21H,8-11,14-15H2,1-4H3/t18?,21-,27-/m0/s1. The minimum atomic E-state index is -5.06. The summed E-state index contributed by atoms with van der Waals surface area (Å²) in [5, 5.41) is 0. The maximum absolute atomic E-state index is 14.3. The Morgan fingerprint density at radius 1 is 0.974 bits per heavy atom. The highest BCUT2D eigenvalue weighted by molar-refractivity contribution is 5.94. The third-order valence-corrected chi connectivity index (χ3v) is 6.68. The summed E-state index contributed by atoms with van der Waals surface area (Å²) in [6, 6.07) is 10.0. The molecule has 3 rings (SSSR count). The molecule has 0 spiro atoms. The maximum atomic E-state index is 14.3. The fourth-order valence-corrected chi connectivity index (χ4v) is 4.69. The normalized spacial score (nSPS) is 20.6. The molecule has 208 valence electrons. The minimum absolute atomic E-state index is 0.272. The number of hydrogen-bond acceptors (Lipinski definition) is 7. The van der Waals surface area contributed by atoms with Crippen LogP contribution >= 0.6 is 0 Å². The average Bonchev–Trinajstić information content (AvgIpc) is 2.87. The number of hydrogen-bond donors (Lipinski definition) is 0. The van der Waals surface area contributed by atoms with Crippen LogP contribution in [0.4, 0.5) is 13.2 Å². The minimum Gasteiger partial charge on any atom is -0.497 e. The van der Waals surface area contributed by atoms with Gasteiger partial charge in [0.1, 0.15) is 23.2 Å². The Morgan fingerprint density at radius 3 is 2.26 bits per heavy atom. The molecule has 2 aromatic carbocycles. The smallest absolute Gasteiger partial charge is 0.432 e. The summed E-state index contributed by atoms with van der Waals surface area (Å²) >= 11 is 0. The van der Waals surface area contributed by atoms with Crippen molar-refractivity contribution in [2.75, 3.05) is 21.3 Å². The van der Waals surface area contributed by atoms with Crippen molar-refractivity contribution in [2.24, 2.45) is 0 Å². The number of cyclic esters (lactones) is 1. The van der Waals surface area contributed by atoms with Crippen LogP contribution in [0.2, 0.25) is 0 Å². The molecule has 2 aromatic rings. The fraction of sp³-hybridized carbons (Fsp3) is 0.500. The summed E-state index contributed by atoms with van der Waals surface area (Å²) in [5.74, 6) is -1.25. The van der Waals surface area contributed by atoms with Crippen LogP contribution in [0.3, 0.4) is 0 Å². The first kappa shape index (κ1) is 29.3. The van der Waals surface area contributed by atoms with Gasteiger partial charge in [-0.05, 0) is 57.1 Å². The highest BCUT2D eigenvalue weighted by Crippen LogP contribution is 2.43. The van der Waals surface area contributed by atoms with E-state index < -0.39 is 35.9 Å². The van der Waals surface area contributed by atoms with Crippen molar-refractivity contribution in [3.63, 3.8) is 0 Å². The molecule has 38 heavy (non-hydrogen) atoms. The zero-order chi connectivity index (χ0) is 27.9. The SMILES string of the molecule is COc1cc2c(c(OC)c1)C(=O)OC(C)CCC[C@H](OC(=O)[C@@](OC)(c1ccccc1)C(F)(F)F)CCC2. The molecule has 0 amide bonds. The second-order valence-electron chi connectivity index (χ2n) is 9.18. The molecule has 0 bridgehead atoms. The third-order valence-electron chi connectivity index (χ3n) is 6.68. The molecule has 0 saturated heterocycles. The molecule has 0 aromatic heterocycles. The quantitative estimate of drug-likeness (QED) is 0.432. The predicted octanol–water partition coefficient (Wildman–Crippen LogP) is 5.77. The second kappa shape index (κ2) is 12.5. The average molecular weight is 539 g/mol. The number of fused-ring (bicyclic) bond motifs is 1. The van der Waals surface area contributed by atoms with Crippen molar-refractivity contribution in [1.29, 1.82) is 0 Å². The van der Waals surface area contributed by atoms with Crippen LogP contribution in [-0.4, -0.2) is 51.7 Å². The monoisotopic (exact) mass is 538 g/mol. The Hall–Kier alpha value is -3.27. The van der Waals surface area contributed by atoms with E-state index in [1.807, 2.05) is 0 Å². The van der Waals surface area contributed by atoms with Gasteiger partial charge in [0.25, 0.3) is 5.60 Å². The highest BCUT2D eigenvalue weighted by Gasteiger charge is 2.64. The molecule has 1 aliphatic heterocycles. The Morgan fingerprint density at radius 2 is 1.66 bits per heavy atom. The van der Waals surface area contributed by atoms with Crippen LogP contribution < -0.4 is 9.47 Å². The Bertz CT molecular complexity index is 1100. The molecule has 1 heterocycles. The molecule has 0 N–H and O–H groups in total. The van der Waals surface area contributed by atoms with E-state index in [1.54, 1.807) is 25.1 Å². The number of rotatable bonds is 6. The van der Waals surface area contributed by atoms with Crippen molar-refractivity contribution in [1.82, 2.24) is 0 Å². The van der Waals surface area contributed by atoms with Crippen molar-refractivity contribution in [3.8, 4) is 11.5 Å². The van der Waals surface area contributed by atoms with Gasteiger partial charge in [0, 0.05) is 18.7 Å². The van der Waals surface area contributed by atoms with Crippen molar-refractivity contribution in [3.05, 3.63) is 59.2 Å². The Labute approximate surface area is 220 Å². The van der Waals surface area contributed by atoms with Crippen LogP contribution in [0.5, 0.6) is 11.5 Å². The van der Waals surface area contributed by atoms with Gasteiger partial charge in [-0.25, -0.2) is 9.59 Å². The summed E-state index contributed by atoms with van der Waals surface area (Å²) in [5.41, 5.74) is -2.74. The number of carbonyl (C=O) groups excluding carboxylic acids is 2. The number of carbonyl (C=O) groups is 2. The van der Waals surface area contributed by atoms with E-state index in [9.17, 15) is 22.8 Å². The maximum Gasteiger partial charge on any atom is 0.432 e. The number of alkyl halides is 3. The van der Waals surface area contributed by atoms with Crippen molar-refractivity contribution in [2.45, 2.75) is 69.4 Å². The van der Waals surface area contributed by atoms with E-state index in [2.05, 4.69) is 0 Å². The lowest BCUT2D eigenvalue weighted by Gasteiger charge is -2.34. The van der Waals surface area contributed by atoms with Crippen LogP contribution in [-0.2, 0) is 31.0 Å². The van der Waals surface area contributed by atoms with E-state index >= 15 is 0 Å². The predicted molar refractivity (Wildman–Crippen MR) is 132 cm³/mol. The molecule has 0 aliphatic carbocycles. The van der Waals surface area contributed by atoms with Gasteiger partial charge >= 0.3 is 18.1 Å². The lowest BCUT2D eigenvalue weighted by Crippen LogP contribution is -2.52. The van der Waals surface area contributed by atoms with E-state index in [0.717, 1.165) is 7.11 Å². The van der Waals surface area contributed by atoms with Crippen LogP contribution in [0, 0.1) is 0 Å². The van der Waals surface area contributed by atoms with Gasteiger partial charge < -0.3 is 23.7 Å². The van der Waals surface area contributed by atoms with Gasteiger partial charge in [-0.3, -0.25) is 0 Å². The van der Waals surface area contributed by atoms with Gasteiger partial charge in [-0.15, -0.1) is 0 Å². The lowest BCUT2D eigenvalue weighted by atomic mass is 9.92. The first-order chi connectivity index (χ1) is 18.1. The van der Waals surface area contributed by atoms with E-state index in [0.29, 0.717) is 49.2 Å². The number of aryl methyl sites for hydroxylation is 1. The van der Waals surface area contributed by atoms with Gasteiger partial charge in [-0.2, -0.15) is 13.2 Å². The van der Waals surface area contributed by atoms with E-state index in [4.69, 9.17) is 23.7 Å². The summed E-state index contributed by atoms with van der Waals surface area (Å²) in [7, 11) is 3.77. The first-order valence-corrected chi connectivity index (χ1v) is 12.4. The zero-order valence-electron chi connectivity index (χ0n) is 21.9. The van der Waals surface area contributed by atoms with Crippen molar-refractivity contribution >= 4 is 11.9 Å². The van der Waals surface area contributed by atoms with Crippen LogP contribution in [0.1, 0.15) is 60.5 Å². The summed E-state index contributed by atoms with van der Waals surface area (Å²) in [6.07, 6.45) is -4.08. The fourth-order valence-electron chi connectivity index (χ4n) is 4.69. The molecular formula is C28H33F3O7. The largest absolute Gasteiger partial charge is 0.497 e. The number of ether oxygens (including phenoxy) is 5. The van der Waals surface area contributed by atoms with E-state index in [1.165, 1.54) is 38.5 Å². The summed E-state index contributed by atoms with van der Waals surface area (Å²) in [4.78, 5) is 26.2. The third kappa shape index (κ3) is 6.23. The molecule has 0 saturated carbocycles. The van der Waals surface area contributed by atoms with Crippen molar-refractivity contribution < 1.29 is 46.4 Å². The van der Waals surface area contributed by atoms with Gasteiger partial charge in [0.2, 0.25) is 0 Å². The molecule has 1 aliphatic rings.